The van der Waals surface area contributed by atoms with Crippen LogP contribution in [-0.2, 0) is 9.53 Å². The average molecular weight is 316 g/mol. The first-order valence-electron chi connectivity index (χ1n) is 9.74. The minimum Gasteiger partial charge on any atom is -0.462 e. The second-order valence-electron chi connectivity index (χ2n) is 9.71. The molecule has 2 heteroatoms. The van der Waals surface area contributed by atoms with Crippen LogP contribution in [0.2, 0.25) is 0 Å². The predicted octanol–water partition coefficient (Wildman–Crippen LogP) is 5.27. The molecule has 0 radical (unpaired) electrons. The fourth-order valence-corrected chi connectivity index (χ4v) is 6.78. The quantitative estimate of drug-likeness (QED) is 0.512. The monoisotopic (exact) mass is 316 g/mol. The van der Waals surface area contributed by atoms with Crippen molar-refractivity contribution >= 4 is 5.97 Å². The summed E-state index contributed by atoms with van der Waals surface area (Å²) in [6.45, 7) is 8.19. The van der Waals surface area contributed by atoms with Crippen molar-refractivity contribution in [1.82, 2.24) is 0 Å². The highest BCUT2D eigenvalue weighted by molar-refractivity contribution is 5.90. The molecule has 1 heterocycles. The smallest absolute Gasteiger partial charge is 0.333 e. The highest BCUT2D eigenvalue weighted by atomic mass is 16.5. The lowest BCUT2D eigenvalue weighted by Crippen LogP contribution is -2.52. The van der Waals surface area contributed by atoms with E-state index in [1.54, 1.807) is 0 Å². The van der Waals surface area contributed by atoms with Crippen LogP contribution < -0.4 is 0 Å². The Hall–Kier alpha value is -0.790. The van der Waals surface area contributed by atoms with Crippen LogP contribution in [0.15, 0.2) is 11.6 Å². The Labute approximate surface area is 141 Å². The van der Waals surface area contributed by atoms with Gasteiger partial charge in [0.25, 0.3) is 0 Å². The Bertz CT molecular complexity index is 540. The molecule has 3 aliphatic carbocycles. The van der Waals surface area contributed by atoms with E-state index in [1.807, 2.05) is 0 Å². The van der Waals surface area contributed by atoms with Crippen molar-refractivity contribution in [3.8, 4) is 0 Å². The summed E-state index contributed by atoms with van der Waals surface area (Å²) in [6.07, 6.45) is 14.1. The molecule has 2 nitrogen and oxygen atoms in total. The van der Waals surface area contributed by atoms with Gasteiger partial charge in [0.2, 0.25) is 0 Å². The van der Waals surface area contributed by atoms with E-state index in [0.29, 0.717) is 22.9 Å². The normalized spacial score (nSPS) is 42.6. The molecule has 0 aromatic heterocycles. The van der Waals surface area contributed by atoms with Crippen molar-refractivity contribution in [2.75, 3.05) is 6.61 Å². The van der Waals surface area contributed by atoms with Gasteiger partial charge in [0.05, 0.1) is 6.61 Å². The van der Waals surface area contributed by atoms with Crippen LogP contribution in [0.5, 0.6) is 0 Å². The van der Waals surface area contributed by atoms with Crippen molar-refractivity contribution < 1.29 is 9.53 Å². The van der Waals surface area contributed by atoms with Gasteiger partial charge in [-0.3, -0.25) is 0 Å². The molecule has 0 N–H and O–H groups in total. The van der Waals surface area contributed by atoms with E-state index < -0.39 is 0 Å². The Morgan fingerprint density at radius 1 is 1.13 bits per heavy atom. The first-order valence-corrected chi connectivity index (χ1v) is 9.74. The first kappa shape index (κ1) is 15.7. The number of fused-ring (bicyclic) bond motifs is 1. The number of cyclic esters (lactones) is 1. The predicted molar refractivity (Wildman–Crippen MR) is 91.9 cm³/mol. The van der Waals surface area contributed by atoms with E-state index in [9.17, 15) is 4.79 Å². The molecule has 128 valence electrons. The molecule has 4 aliphatic rings. The Kier molecular flexibility index (Phi) is 3.49. The SMILES string of the molecule is CC1(C)CCCC2(C)C1CCC1(CC1)C2C/C=C1\CCOC1=O. The summed E-state index contributed by atoms with van der Waals surface area (Å²) >= 11 is 0. The zero-order chi connectivity index (χ0) is 16.3. The van der Waals surface area contributed by atoms with Gasteiger partial charge in [-0.05, 0) is 73.0 Å². The van der Waals surface area contributed by atoms with Crippen LogP contribution in [-0.4, -0.2) is 12.6 Å². The van der Waals surface area contributed by atoms with Gasteiger partial charge in [-0.2, -0.15) is 0 Å². The van der Waals surface area contributed by atoms with Gasteiger partial charge >= 0.3 is 5.97 Å². The van der Waals surface area contributed by atoms with Gasteiger partial charge in [-0.25, -0.2) is 4.79 Å². The lowest BCUT2D eigenvalue weighted by Gasteiger charge is -2.60. The highest BCUT2D eigenvalue weighted by Crippen LogP contribution is 2.72. The summed E-state index contributed by atoms with van der Waals surface area (Å²) in [5.41, 5.74) is 2.51. The van der Waals surface area contributed by atoms with E-state index in [-0.39, 0.29) is 5.97 Å². The second kappa shape index (κ2) is 5.10. The number of ether oxygens (including phenoxy) is 1. The summed E-state index contributed by atoms with van der Waals surface area (Å²) in [4.78, 5) is 11.8. The summed E-state index contributed by atoms with van der Waals surface area (Å²) in [5, 5.41) is 0. The molecule has 0 aromatic rings. The maximum Gasteiger partial charge on any atom is 0.333 e. The molecular weight excluding hydrogens is 284 g/mol. The van der Waals surface area contributed by atoms with Gasteiger partial charge in [-0.15, -0.1) is 0 Å². The van der Waals surface area contributed by atoms with Crippen LogP contribution in [0.4, 0.5) is 0 Å². The molecule has 0 amide bonds. The number of hydrogen-bond donors (Lipinski definition) is 0. The van der Waals surface area contributed by atoms with E-state index >= 15 is 0 Å². The summed E-state index contributed by atoms with van der Waals surface area (Å²) < 4.78 is 5.13. The fraction of sp³-hybridized carbons (Fsp3) is 0.857. The lowest BCUT2D eigenvalue weighted by atomic mass is 9.45. The van der Waals surface area contributed by atoms with Gasteiger partial charge < -0.3 is 4.74 Å². The van der Waals surface area contributed by atoms with E-state index in [0.717, 1.165) is 30.3 Å². The second-order valence-corrected chi connectivity index (χ2v) is 9.71. The molecule has 4 fully saturated rings. The van der Waals surface area contributed by atoms with E-state index in [2.05, 4.69) is 26.8 Å². The van der Waals surface area contributed by atoms with Crippen molar-refractivity contribution in [3.05, 3.63) is 11.6 Å². The standard InChI is InChI=1S/C21H32O2/c1-19(2)9-4-10-20(3)16(19)7-11-21(12-13-21)17(20)6-5-15-8-14-23-18(15)22/h5,16-17H,4,6-14H2,1-3H3/b15-5+. The average Bonchev–Trinajstić information content (AvgIpc) is 3.12. The Morgan fingerprint density at radius 2 is 1.91 bits per heavy atom. The molecule has 1 aliphatic heterocycles. The molecule has 23 heavy (non-hydrogen) atoms. The van der Waals surface area contributed by atoms with Gasteiger partial charge in [0.15, 0.2) is 0 Å². The molecule has 0 bridgehead atoms. The Morgan fingerprint density at radius 3 is 2.57 bits per heavy atom. The number of esters is 1. The topological polar surface area (TPSA) is 26.3 Å². The molecule has 4 rings (SSSR count). The maximum absolute atomic E-state index is 11.8. The zero-order valence-electron chi connectivity index (χ0n) is 15.1. The molecule has 3 unspecified atom stereocenters. The third-order valence-corrected chi connectivity index (χ3v) is 8.10. The molecule has 0 aromatic carbocycles. The minimum absolute atomic E-state index is 0.0590. The molecule has 3 saturated carbocycles. The number of rotatable bonds is 2. The third kappa shape index (κ3) is 2.39. The van der Waals surface area contributed by atoms with Gasteiger partial charge in [0.1, 0.15) is 0 Å². The number of carbonyl (C=O) groups excluding carboxylic acids is 1. The fourth-order valence-electron chi connectivity index (χ4n) is 6.78. The van der Waals surface area contributed by atoms with Gasteiger partial charge in [0, 0.05) is 12.0 Å². The summed E-state index contributed by atoms with van der Waals surface area (Å²) in [7, 11) is 0. The number of allylic oxidation sites excluding steroid dienone is 1. The molecule has 1 saturated heterocycles. The summed E-state index contributed by atoms with van der Waals surface area (Å²) in [5.74, 6) is 1.57. The van der Waals surface area contributed by atoms with Crippen molar-refractivity contribution in [2.45, 2.75) is 78.6 Å². The van der Waals surface area contributed by atoms with Crippen LogP contribution in [0.25, 0.3) is 0 Å². The lowest BCUT2D eigenvalue weighted by molar-refractivity contribution is -0.135. The maximum atomic E-state index is 11.8. The van der Waals surface area contributed by atoms with E-state index in [4.69, 9.17) is 4.74 Å². The molecule has 1 spiro atoms. The van der Waals surface area contributed by atoms with Crippen molar-refractivity contribution in [2.24, 2.45) is 28.1 Å². The van der Waals surface area contributed by atoms with Crippen LogP contribution >= 0.6 is 0 Å². The number of carbonyl (C=O) groups is 1. The minimum atomic E-state index is -0.0590. The van der Waals surface area contributed by atoms with Crippen LogP contribution in [0.1, 0.15) is 78.6 Å². The van der Waals surface area contributed by atoms with Crippen molar-refractivity contribution in [3.63, 3.8) is 0 Å². The van der Waals surface area contributed by atoms with Crippen molar-refractivity contribution in [1.29, 1.82) is 0 Å². The first-order chi connectivity index (χ1) is 10.9. The zero-order valence-corrected chi connectivity index (χ0v) is 15.1. The largest absolute Gasteiger partial charge is 0.462 e. The highest BCUT2D eigenvalue weighted by Gasteiger charge is 2.62. The molecule has 3 atom stereocenters. The molecular formula is C21H32O2. The van der Waals surface area contributed by atoms with Gasteiger partial charge in [-0.1, -0.05) is 33.3 Å². The van der Waals surface area contributed by atoms with Crippen LogP contribution in [0, 0.1) is 28.1 Å². The Balaban J connectivity index is 1.63. The van der Waals surface area contributed by atoms with E-state index in [1.165, 1.54) is 44.9 Å². The third-order valence-electron chi connectivity index (χ3n) is 8.10. The number of hydrogen-bond acceptors (Lipinski definition) is 2. The van der Waals surface area contributed by atoms with Crippen LogP contribution in [0.3, 0.4) is 0 Å². The summed E-state index contributed by atoms with van der Waals surface area (Å²) in [6, 6.07) is 0.